The lowest BCUT2D eigenvalue weighted by Gasteiger charge is -2.35. The number of carbonyl (C=O) groups excluding carboxylic acids is 1. The average Bonchev–Trinajstić information content (AvgIpc) is 3.29. The second kappa shape index (κ2) is 8.33. The maximum atomic E-state index is 12.6. The number of nitrogens with zero attached hydrogens (tertiary/aromatic N) is 5. The van der Waals surface area contributed by atoms with Crippen molar-refractivity contribution in [1.29, 1.82) is 0 Å². The predicted molar refractivity (Wildman–Crippen MR) is 109 cm³/mol. The summed E-state index contributed by atoms with van der Waals surface area (Å²) in [4.78, 5) is 28.0. The second-order valence-electron chi connectivity index (χ2n) is 7.05. The van der Waals surface area contributed by atoms with Crippen molar-refractivity contribution >= 4 is 23.5 Å². The Hall–Kier alpha value is -3.03. The summed E-state index contributed by atoms with van der Waals surface area (Å²) in [5.74, 6) is 2.47. The van der Waals surface area contributed by atoms with E-state index in [9.17, 15) is 4.79 Å². The van der Waals surface area contributed by atoms with Crippen molar-refractivity contribution in [3.63, 3.8) is 0 Å². The van der Waals surface area contributed by atoms with Gasteiger partial charge in [-0.15, -0.1) is 0 Å². The van der Waals surface area contributed by atoms with Crippen LogP contribution in [0.1, 0.15) is 12.8 Å². The lowest BCUT2D eigenvalue weighted by atomic mass is 10.3. The Morgan fingerprint density at radius 3 is 2.57 bits per heavy atom. The molecule has 8 nitrogen and oxygen atoms in total. The summed E-state index contributed by atoms with van der Waals surface area (Å²) < 4.78 is 5.20. The topological polar surface area (TPSA) is 73.8 Å². The third-order valence-corrected chi connectivity index (χ3v) is 5.23. The molecule has 0 saturated carbocycles. The SMILES string of the molecule is COc1cccc(NC(=O)N2CCN(c3ccnc(N4CCCC4)n3)CC2)c1. The molecule has 1 N–H and O–H groups in total. The van der Waals surface area contributed by atoms with Crippen LogP contribution in [-0.4, -0.2) is 67.3 Å². The third-order valence-electron chi connectivity index (χ3n) is 5.23. The standard InChI is InChI=1S/C20H26N6O2/c1-28-17-6-4-5-16(15-17)22-20(27)26-13-11-24(12-14-26)18-7-8-21-19(23-18)25-9-2-3-10-25/h4-8,15H,2-3,9-14H2,1H3,(H,22,27). The van der Waals surface area contributed by atoms with Crippen molar-refractivity contribution in [3.05, 3.63) is 36.5 Å². The van der Waals surface area contributed by atoms with E-state index in [4.69, 9.17) is 9.72 Å². The number of methoxy groups -OCH3 is 1. The van der Waals surface area contributed by atoms with Gasteiger partial charge in [0.15, 0.2) is 0 Å². The summed E-state index contributed by atoms with van der Waals surface area (Å²) in [5, 5.41) is 2.94. The van der Waals surface area contributed by atoms with Gasteiger partial charge in [-0.1, -0.05) is 6.07 Å². The van der Waals surface area contributed by atoms with Gasteiger partial charge in [0.25, 0.3) is 0 Å². The van der Waals surface area contributed by atoms with Gasteiger partial charge < -0.3 is 24.8 Å². The second-order valence-corrected chi connectivity index (χ2v) is 7.05. The highest BCUT2D eigenvalue weighted by atomic mass is 16.5. The van der Waals surface area contributed by atoms with Gasteiger partial charge in [0.2, 0.25) is 5.95 Å². The maximum Gasteiger partial charge on any atom is 0.321 e. The molecule has 0 radical (unpaired) electrons. The minimum Gasteiger partial charge on any atom is -0.497 e. The van der Waals surface area contributed by atoms with E-state index in [-0.39, 0.29) is 6.03 Å². The lowest BCUT2D eigenvalue weighted by Crippen LogP contribution is -2.50. The normalized spacial score (nSPS) is 17.0. The molecule has 2 aliphatic heterocycles. The van der Waals surface area contributed by atoms with Crippen molar-refractivity contribution in [2.75, 3.05) is 61.5 Å². The predicted octanol–water partition coefficient (Wildman–Crippen LogP) is 2.44. The van der Waals surface area contributed by atoms with Crippen molar-refractivity contribution in [2.24, 2.45) is 0 Å². The first-order chi connectivity index (χ1) is 13.7. The number of rotatable bonds is 4. The molecule has 4 rings (SSSR count). The number of piperazine rings is 1. The Kier molecular flexibility index (Phi) is 5.45. The highest BCUT2D eigenvalue weighted by Crippen LogP contribution is 2.21. The quantitative estimate of drug-likeness (QED) is 0.876. The van der Waals surface area contributed by atoms with E-state index in [1.54, 1.807) is 7.11 Å². The van der Waals surface area contributed by atoms with Crippen molar-refractivity contribution in [2.45, 2.75) is 12.8 Å². The molecule has 1 aromatic carbocycles. The zero-order valence-electron chi connectivity index (χ0n) is 16.2. The van der Waals surface area contributed by atoms with Gasteiger partial charge in [-0.25, -0.2) is 9.78 Å². The highest BCUT2D eigenvalue weighted by Gasteiger charge is 2.23. The molecule has 2 fully saturated rings. The number of anilines is 3. The minimum absolute atomic E-state index is 0.0895. The van der Waals surface area contributed by atoms with Crippen LogP contribution in [0.2, 0.25) is 0 Å². The summed E-state index contributed by atoms with van der Waals surface area (Å²) in [5.41, 5.74) is 0.734. The summed E-state index contributed by atoms with van der Waals surface area (Å²) in [6, 6.07) is 9.25. The van der Waals surface area contributed by atoms with Crippen LogP contribution in [0.4, 0.5) is 22.2 Å². The number of amides is 2. The molecular weight excluding hydrogens is 356 g/mol. The minimum atomic E-state index is -0.0895. The first-order valence-electron chi connectivity index (χ1n) is 9.76. The third kappa shape index (κ3) is 4.11. The summed E-state index contributed by atoms with van der Waals surface area (Å²) in [6.45, 7) is 4.87. The average molecular weight is 382 g/mol. The Morgan fingerprint density at radius 2 is 1.82 bits per heavy atom. The van der Waals surface area contributed by atoms with Crippen LogP contribution in [0.15, 0.2) is 36.5 Å². The number of aromatic nitrogens is 2. The van der Waals surface area contributed by atoms with Crippen LogP contribution < -0.4 is 19.9 Å². The number of hydrogen-bond acceptors (Lipinski definition) is 6. The molecule has 8 heteroatoms. The number of carbonyl (C=O) groups is 1. The molecule has 3 heterocycles. The molecule has 2 aromatic rings. The molecule has 148 valence electrons. The summed E-state index contributed by atoms with van der Waals surface area (Å²) >= 11 is 0. The van der Waals surface area contributed by atoms with Gasteiger partial charge in [-0.3, -0.25) is 0 Å². The molecule has 0 bridgehead atoms. The molecular formula is C20H26N6O2. The van der Waals surface area contributed by atoms with Crippen LogP contribution in [0.25, 0.3) is 0 Å². The smallest absolute Gasteiger partial charge is 0.321 e. The molecule has 0 atom stereocenters. The van der Waals surface area contributed by atoms with Gasteiger partial charge in [-0.2, -0.15) is 4.98 Å². The summed E-state index contributed by atoms with van der Waals surface area (Å²) in [6.07, 6.45) is 4.24. The van der Waals surface area contributed by atoms with Gasteiger partial charge in [-0.05, 0) is 31.0 Å². The number of nitrogens with one attached hydrogen (secondary N) is 1. The number of hydrogen-bond donors (Lipinski definition) is 1. The van der Waals surface area contributed by atoms with E-state index in [1.165, 1.54) is 12.8 Å². The zero-order chi connectivity index (χ0) is 19.3. The van der Waals surface area contributed by atoms with Crippen LogP contribution in [0.3, 0.4) is 0 Å². The van der Waals surface area contributed by atoms with Crippen LogP contribution in [-0.2, 0) is 0 Å². The van der Waals surface area contributed by atoms with E-state index < -0.39 is 0 Å². The van der Waals surface area contributed by atoms with Crippen LogP contribution in [0, 0.1) is 0 Å². The molecule has 0 unspecified atom stereocenters. The zero-order valence-corrected chi connectivity index (χ0v) is 16.2. The van der Waals surface area contributed by atoms with E-state index >= 15 is 0 Å². The van der Waals surface area contributed by atoms with Crippen molar-refractivity contribution < 1.29 is 9.53 Å². The Labute approximate surface area is 165 Å². The molecule has 0 spiro atoms. The van der Waals surface area contributed by atoms with E-state index in [1.807, 2.05) is 41.4 Å². The van der Waals surface area contributed by atoms with E-state index in [0.29, 0.717) is 13.1 Å². The molecule has 2 saturated heterocycles. The van der Waals surface area contributed by atoms with Gasteiger partial charge in [0.1, 0.15) is 11.6 Å². The first-order valence-corrected chi connectivity index (χ1v) is 9.76. The summed E-state index contributed by atoms with van der Waals surface area (Å²) in [7, 11) is 1.61. The fourth-order valence-electron chi connectivity index (χ4n) is 3.63. The largest absolute Gasteiger partial charge is 0.497 e. The van der Waals surface area contributed by atoms with E-state index in [0.717, 1.165) is 49.4 Å². The Morgan fingerprint density at radius 1 is 1.04 bits per heavy atom. The van der Waals surface area contributed by atoms with Gasteiger partial charge in [0, 0.05) is 57.2 Å². The van der Waals surface area contributed by atoms with Gasteiger partial charge >= 0.3 is 6.03 Å². The van der Waals surface area contributed by atoms with Crippen molar-refractivity contribution in [1.82, 2.24) is 14.9 Å². The molecule has 1 aromatic heterocycles. The van der Waals surface area contributed by atoms with Crippen LogP contribution >= 0.6 is 0 Å². The fourth-order valence-corrected chi connectivity index (χ4v) is 3.63. The number of ether oxygens (including phenoxy) is 1. The molecule has 0 aliphatic carbocycles. The van der Waals surface area contributed by atoms with E-state index in [2.05, 4.69) is 20.1 Å². The van der Waals surface area contributed by atoms with Gasteiger partial charge in [0.05, 0.1) is 7.11 Å². The fraction of sp³-hybridized carbons (Fsp3) is 0.450. The number of urea groups is 1. The Bertz CT molecular complexity index is 816. The maximum absolute atomic E-state index is 12.6. The van der Waals surface area contributed by atoms with Crippen LogP contribution in [0.5, 0.6) is 5.75 Å². The monoisotopic (exact) mass is 382 g/mol. The molecule has 2 aliphatic rings. The lowest BCUT2D eigenvalue weighted by molar-refractivity contribution is 0.208. The molecule has 2 amide bonds. The van der Waals surface area contributed by atoms with Crippen molar-refractivity contribution in [3.8, 4) is 5.75 Å². The first kappa shape index (κ1) is 18.3. The number of benzene rings is 1. The molecule has 28 heavy (non-hydrogen) atoms. The Balaban J connectivity index is 1.34. The highest BCUT2D eigenvalue weighted by molar-refractivity contribution is 5.89.